The van der Waals surface area contributed by atoms with Gasteiger partial charge in [0.15, 0.2) is 11.5 Å². The maximum Gasteiger partial charge on any atom is 0.282 e. The lowest BCUT2D eigenvalue weighted by molar-refractivity contribution is 0.0616. The van der Waals surface area contributed by atoms with E-state index in [0.717, 1.165) is 28.6 Å². The van der Waals surface area contributed by atoms with Gasteiger partial charge in [0.2, 0.25) is 0 Å². The molecule has 2 aliphatic rings. The van der Waals surface area contributed by atoms with Gasteiger partial charge in [-0.25, -0.2) is 0 Å². The van der Waals surface area contributed by atoms with Crippen LogP contribution in [-0.4, -0.2) is 36.8 Å². The average molecular weight is 491 g/mol. The van der Waals surface area contributed by atoms with Crippen LogP contribution >= 0.6 is 15.9 Å². The summed E-state index contributed by atoms with van der Waals surface area (Å²) in [6.07, 6.45) is 4.97. The molecule has 0 spiro atoms. The predicted octanol–water partition coefficient (Wildman–Crippen LogP) is 4.90. The van der Waals surface area contributed by atoms with E-state index in [2.05, 4.69) is 27.6 Å². The van der Waals surface area contributed by atoms with Crippen LogP contribution in [0.5, 0.6) is 11.5 Å². The maximum atomic E-state index is 13.2. The lowest BCUT2D eigenvalue weighted by Crippen LogP contribution is -2.36. The van der Waals surface area contributed by atoms with Crippen LogP contribution in [0, 0.1) is 0 Å². The number of hydrogen-bond donors (Lipinski definition) is 0. The van der Waals surface area contributed by atoms with Gasteiger partial charge in [0.1, 0.15) is 6.61 Å². The zero-order valence-electron chi connectivity index (χ0n) is 17.4. The fourth-order valence-electron chi connectivity index (χ4n) is 4.33. The smallest absolute Gasteiger partial charge is 0.282 e. The summed E-state index contributed by atoms with van der Waals surface area (Å²) in [7, 11) is 1.54. The minimum Gasteiger partial charge on any atom is -0.493 e. The van der Waals surface area contributed by atoms with Crippen molar-refractivity contribution in [2.24, 2.45) is 5.10 Å². The van der Waals surface area contributed by atoms with Crippen molar-refractivity contribution in [1.29, 1.82) is 0 Å². The van der Waals surface area contributed by atoms with Crippen LogP contribution in [0.4, 0.5) is 0 Å². The molecular weight excluding hydrogens is 472 g/mol. The van der Waals surface area contributed by atoms with E-state index in [1.54, 1.807) is 30.3 Å². The maximum absolute atomic E-state index is 13.2. The molecule has 0 radical (unpaired) electrons. The Morgan fingerprint density at radius 3 is 2.31 bits per heavy atom. The molecule has 0 saturated heterocycles. The van der Waals surface area contributed by atoms with Crippen molar-refractivity contribution in [3.63, 3.8) is 0 Å². The van der Waals surface area contributed by atoms with Gasteiger partial charge in [0.05, 0.1) is 28.9 Å². The van der Waals surface area contributed by atoms with Crippen molar-refractivity contribution in [1.82, 2.24) is 5.01 Å². The number of benzene rings is 3. The second kappa shape index (κ2) is 7.91. The van der Waals surface area contributed by atoms with Gasteiger partial charge < -0.3 is 9.47 Å². The topological polar surface area (TPSA) is 68.2 Å². The van der Waals surface area contributed by atoms with Crippen molar-refractivity contribution in [2.45, 2.75) is 12.8 Å². The summed E-state index contributed by atoms with van der Waals surface area (Å²) in [5.41, 5.74) is 4.03. The number of hydrazone groups is 1. The number of halogens is 1. The fraction of sp³-hybridized carbons (Fsp3) is 0.160. The number of rotatable bonds is 6. The Hall–Kier alpha value is -3.45. The molecule has 0 saturated carbocycles. The first-order chi connectivity index (χ1) is 15.5. The second-order valence-electron chi connectivity index (χ2n) is 7.59. The lowest BCUT2D eigenvalue weighted by Gasteiger charge is -2.23. The molecule has 160 valence electrons. The number of ether oxygens (including phenoxy) is 2. The molecular formula is C25H19BrN2O4. The van der Waals surface area contributed by atoms with Gasteiger partial charge in [0.25, 0.3) is 11.8 Å². The Morgan fingerprint density at radius 1 is 1.06 bits per heavy atom. The highest BCUT2D eigenvalue weighted by atomic mass is 79.9. The van der Waals surface area contributed by atoms with E-state index < -0.39 is 11.8 Å². The molecule has 0 aromatic heterocycles. The Labute approximate surface area is 193 Å². The second-order valence-corrected chi connectivity index (χ2v) is 8.45. The van der Waals surface area contributed by atoms with Crippen LogP contribution < -0.4 is 9.47 Å². The number of carbonyl (C=O) groups is 2. The highest BCUT2D eigenvalue weighted by Gasteiger charge is 2.35. The molecule has 0 N–H and O–H groups in total. The highest BCUT2D eigenvalue weighted by molar-refractivity contribution is 9.10. The van der Waals surface area contributed by atoms with Crippen molar-refractivity contribution in [2.75, 3.05) is 13.7 Å². The first-order valence-electron chi connectivity index (χ1n) is 10.1. The van der Waals surface area contributed by atoms with Crippen molar-refractivity contribution in [3.8, 4) is 11.5 Å². The number of imide groups is 1. The molecule has 0 atom stereocenters. The normalized spacial score (nSPS) is 14.5. The van der Waals surface area contributed by atoms with E-state index in [-0.39, 0.29) is 0 Å². The number of hydrogen-bond acceptors (Lipinski definition) is 5. The first kappa shape index (κ1) is 20.5. The summed E-state index contributed by atoms with van der Waals surface area (Å²) in [6, 6.07) is 11.1. The quantitative estimate of drug-likeness (QED) is 0.279. The minimum atomic E-state index is -0.425. The van der Waals surface area contributed by atoms with E-state index in [4.69, 9.17) is 9.47 Å². The third kappa shape index (κ3) is 3.12. The SMILES string of the molecule is C=CCOc1c(Br)cc(C=NN2C(=O)c3ccc4c5c(ccc(c35)C2=O)CC4)cc1OC. The van der Waals surface area contributed by atoms with Gasteiger partial charge >= 0.3 is 0 Å². The van der Waals surface area contributed by atoms with Crippen LogP contribution in [0.15, 0.2) is 58.6 Å². The van der Waals surface area contributed by atoms with Gasteiger partial charge in [0, 0.05) is 5.39 Å². The Bertz CT molecular complexity index is 1290. The Kier molecular flexibility index (Phi) is 5.06. The zero-order chi connectivity index (χ0) is 22.4. The highest BCUT2D eigenvalue weighted by Crippen LogP contribution is 2.39. The number of carbonyl (C=O) groups excluding carboxylic acids is 2. The molecule has 2 amide bonds. The van der Waals surface area contributed by atoms with Gasteiger partial charge in [-0.2, -0.15) is 10.1 Å². The third-order valence-electron chi connectivity index (χ3n) is 5.76. The molecule has 0 fully saturated rings. The number of nitrogens with zero attached hydrogens (tertiary/aromatic N) is 2. The van der Waals surface area contributed by atoms with Gasteiger partial charge in [-0.3, -0.25) is 9.59 Å². The Morgan fingerprint density at radius 2 is 1.72 bits per heavy atom. The molecule has 5 rings (SSSR count). The zero-order valence-corrected chi connectivity index (χ0v) is 18.9. The summed E-state index contributed by atoms with van der Waals surface area (Å²) in [6.45, 7) is 3.97. The van der Waals surface area contributed by atoms with Gasteiger partial charge in [-0.1, -0.05) is 24.8 Å². The lowest BCUT2D eigenvalue weighted by atomic mass is 9.92. The number of aryl methyl sites for hydroxylation is 2. The molecule has 3 aromatic rings. The van der Waals surface area contributed by atoms with Crippen LogP contribution in [0.3, 0.4) is 0 Å². The van der Waals surface area contributed by atoms with E-state index in [9.17, 15) is 9.59 Å². The van der Waals surface area contributed by atoms with E-state index in [1.165, 1.54) is 24.5 Å². The van der Waals surface area contributed by atoms with Crippen molar-refractivity contribution < 1.29 is 19.1 Å². The molecule has 7 heteroatoms. The predicted molar refractivity (Wildman–Crippen MR) is 126 cm³/mol. The first-order valence-corrected chi connectivity index (χ1v) is 10.9. The molecule has 32 heavy (non-hydrogen) atoms. The average Bonchev–Trinajstić information content (AvgIpc) is 3.22. The molecule has 1 aliphatic carbocycles. The molecule has 6 nitrogen and oxygen atoms in total. The summed E-state index contributed by atoms with van der Waals surface area (Å²) >= 11 is 3.47. The molecule has 1 heterocycles. The van der Waals surface area contributed by atoms with Gasteiger partial charge in [-0.15, -0.1) is 0 Å². The van der Waals surface area contributed by atoms with Crippen LogP contribution in [0.25, 0.3) is 10.8 Å². The van der Waals surface area contributed by atoms with Gasteiger partial charge in [-0.05, 0) is 75.1 Å². The van der Waals surface area contributed by atoms with E-state index >= 15 is 0 Å². The number of amides is 2. The standard InChI is InChI=1S/C25H19BrN2O4/c1-3-10-32-23-19(26)11-14(12-20(23)31-2)13-27-28-24(29)17-8-6-15-4-5-16-7-9-18(25(28)30)22(17)21(15)16/h3,6-9,11-13H,1,4-5,10H2,2H3. The summed E-state index contributed by atoms with van der Waals surface area (Å²) < 4.78 is 11.7. The van der Waals surface area contributed by atoms with Crippen LogP contribution in [0.1, 0.15) is 37.4 Å². The molecule has 1 aliphatic heterocycles. The summed E-state index contributed by atoms with van der Waals surface area (Å²) in [5.74, 6) is 0.178. The Balaban J connectivity index is 1.52. The third-order valence-corrected chi connectivity index (χ3v) is 6.35. The molecule has 0 bridgehead atoms. The summed E-state index contributed by atoms with van der Waals surface area (Å²) in [5, 5.41) is 6.98. The fourth-order valence-corrected chi connectivity index (χ4v) is 4.91. The van der Waals surface area contributed by atoms with E-state index in [0.29, 0.717) is 39.3 Å². The largest absolute Gasteiger partial charge is 0.493 e. The summed E-state index contributed by atoms with van der Waals surface area (Å²) in [4.78, 5) is 26.3. The van der Waals surface area contributed by atoms with Crippen LogP contribution in [0.2, 0.25) is 0 Å². The monoisotopic (exact) mass is 490 g/mol. The number of methoxy groups -OCH3 is 1. The van der Waals surface area contributed by atoms with E-state index in [1.807, 2.05) is 12.1 Å². The van der Waals surface area contributed by atoms with Crippen molar-refractivity contribution in [3.05, 3.63) is 81.3 Å². The molecule has 3 aromatic carbocycles. The minimum absolute atomic E-state index is 0.327. The molecule has 0 unspecified atom stereocenters. The van der Waals surface area contributed by atoms with Crippen molar-refractivity contribution >= 4 is 44.7 Å². The van der Waals surface area contributed by atoms with Crippen LogP contribution in [-0.2, 0) is 12.8 Å².